The molecule has 0 amide bonds. The largest absolute Gasteiger partial charge is 0.454 e. The zero-order valence-corrected chi connectivity index (χ0v) is 14.9. The maximum Gasteiger partial charge on any atom is 0.334 e. The van der Waals surface area contributed by atoms with Crippen LogP contribution in [0, 0.1) is 22.7 Å². The molecule has 0 aromatic carbocycles. The van der Waals surface area contributed by atoms with E-state index < -0.39 is 0 Å². The van der Waals surface area contributed by atoms with Gasteiger partial charge < -0.3 is 9.84 Å². The summed E-state index contributed by atoms with van der Waals surface area (Å²) in [5.41, 5.74) is 2.40. The van der Waals surface area contributed by atoms with E-state index in [9.17, 15) is 4.79 Å². The van der Waals surface area contributed by atoms with Crippen molar-refractivity contribution < 1.29 is 14.6 Å². The molecule has 1 heterocycles. The number of carbonyl (C=O) groups excluding carboxylic acids is 1. The Balaban J connectivity index is 1.96. The second-order valence-corrected chi connectivity index (χ2v) is 8.61. The van der Waals surface area contributed by atoms with Gasteiger partial charge in [-0.2, -0.15) is 0 Å². The summed E-state index contributed by atoms with van der Waals surface area (Å²) in [6.45, 7) is 9.14. The quantitative estimate of drug-likeness (QED) is 0.618. The van der Waals surface area contributed by atoms with Crippen LogP contribution < -0.4 is 0 Å². The van der Waals surface area contributed by atoms with E-state index in [1.165, 1.54) is 19.3 Å². The first-order valence-electron chi connectivity index (χ1n) is 8.98. The number of hydrogen-bond acceptors (Lipinski definition) is 3. The molecule has 1 saturated heterocycles. The first kappa shape index (κ1) is 16.8. The van der Waals surface area contributed by atoms with Crippen LogP contribution in [0.2, 0.25) is 0 Å². The van der Waals surface area contributed by atoms with Gasteiger partial charge in [-0.05, 0) is 54.9 Å². The fourth-order valence-electron chi connectivity index (χ4n) is 5.55. The molecule has 1 N–H and O–H groups in total. The summed E-state index contributed by atoms with van der Waals surface area (Å²) in [5.74, 6) is 0.778. The normalized spacial score (nSPS) is 39.9. The van der Waals surface area contributed by atoms with Gasteiger partial charge in [-0.15, -0.1) is 0 Å². The second kappa shape index (κ2) is 5.77. The number of aliphatic hydroxyl groups excluding tert-OH is 1. The molecule has 3 nitrogen and oxygen atoms in total. The number of cyclic esters (lactones) is 1. The van der Waals surface area contributed by atoms with E-state index in [0.29, 0.717) is 11.3 Å². The fraction of sp³-hybridized carbons (Fsp3) is 0.750. The van der Waals surface area contributed by atoms with Gasteiger partial charge in [0.2, 0.25) is 0 Å². The standard InChI is InChI=1S/C20H30O3/c1-13(8-11-21)16-12-15-14(18(22)23-16)6-7-17-19(2,3)9-5-10-20(15,17)4/h6,8,15-17,21H,5,7,9-12H2,1-4H3/b13-8+/t15-,16-,17-,20+/m0/s1. The molecule has 0 aromatic heterocycles. The van der Waals surface area contributed by atoms with Crippen LogP contribution in [0.25, 0.3) is 0 Å². The molecule has 3 heteroatoms. The van der Waals surface area contributed by atoms with Crippen molar-refractivity contribution in [1.82, 2.24) is 0 Å². The number of allylic oxidation sites excluding steroid dienone is 1. The average Bonchev–Trinajstić information content (AvgIpc) is 2.47. The van der Waals surface area contributed by atoms with Crippen molar-refractivity contribution in [3.8, 4) is 0 Å². The first-order chi connectivity index (χ1) is 10.8. The van der Waals surface area contributed by atoms with Crippen LogP contribution in [0.1, 0.15) is 59.8 Å². The summed E-state index contributed by atoms with van der Waals surface area (Å²) >= 11 is 0. The molecule has 2 aliphatic carbocycles. The minimum Gasteiger partial charge on any atom is -0.454 e. The Morgan fingerprint density at radius 3 is 2.83 bits per heavy atom. The third-order valence-electron chi connectivity index (χ3n) is 6.88. The number of ether oxygens (including phenoxy) is 1. The Hall–Kier alpha value is -1.09. The van der Waals surface area contributed by atoms with E-state index in [1.54, 1.807) is 6.08 Å². The van der Waals surface area contributed by atoms with Crippen molar-refractivity contribution in [1.29, 1.82) is 0 Å². The predicted molar refractivity (Wildman–Crippen MR) is 90.8 cm³/mol. The molecule has 23 heavy (non-hydrogen) atoms. The molecular formula is C20H30O3. The fourth-order valence-corrected chi connectivity index (χ4v) is 5.55. The van der Waals surface area contributed by atoms with Crippen LogP contribution >= 0.6 is 0 Å². The smallest absolute Gasteiger partial charge is 0.334 e. The van der Waals surface area contributed by atoms with Crippen molar-refractivity contribution in [3.05, 3.63) is 23.3 Å². The van der Waals surface area contributed by atoms with Gasteiger partial charge in [0.25, 0.3) is 0 Å². The lowest BCUT2D eigenvalue weighted by Crippen LogP contribution is -2.52. The van der Waals surface area contributed by atoms with Gasteiger partial charge in [0.05, 0.1) is 6.61 Å². The zero-order valence-electron chi connectivity index (χ0n) is 14.9. The van der Waals surface area contributed by atoms with Gasteiger partial charge in [-0.1, -0.05) is 39.3 Å². The second-order valence-electron chi connectivity index (χ2n) is 8.61. The van der Waals surface area contributed by atoms with Crippen molar-refractivity contribution >= 4 is 5.97 Å². The van der Waals surface area contributed by atoms with Gasteiger partial charge in [0.1, 0.15) is 6.10 Å². The highest BCUT2D eigenvalue weighted by Gasteiger charge is 2.55. The van der Waals surface area contributed by atoms with Gasteiger partial charge in [-0.3, -0.25) is 0 Å². The van der Waals surface area contributed by atoms with Gasteiger partial charge in [0.15, 0.2) is 0 Å². The van der Waals surface area contributed by atoms with Gasteiger partial charge >= 0.3 is 5.97 Å². The van der Waals surface area contributed by atoms with Crippen molar-refractivity contribution in [2.45, 2.75) is 65.9 Å². The summed E-state index contributed by atoms with van der Waals surface area (Å²) in [6.07, 6.45) is 9.33. The molecule has 0 aromatic rings. The number of aliphatic hydroxyl groups is 1. The molecule has 1 saturated carbocycles. The molecule has 2 fully saturated rings. The van der Waals surface area contributed by atoms with E-state index in [1.807, 2.05) is 6.92 Å². The van der Waals surface area contributed by atoms with Crippen LogP contribution in [0.15, 0.2) is 23.3 Å². The van der Waals surface area contributed by atoms with Crippen molar-refractivity contribution in [2.24, 2.45) is 22.7 Å². The van der Waals surface area contributed by atoms with E-state index >= 15 is 0 Å². The van der Waals surface area contributed by atoms with E-state index in [4.69, 9.17) is 9.84 Å². The Kier molecular flexibility index (Phi) is 4.20. The highest BCUT2D eigenvalue weighted by molar-refractivity contribution is 5.90. The third-order valence-corrected chi connectivity index (χ3v) is 6.88. The summed E-state index contributed by atoms with van der Waals surface area (Å²) in [6, 6.07) is 0. The number of carbonyl (C=O) groups is 1. The van der Waals surface area contributed by atoms with Crippen LogP contribution in [0.5, 0.6) is 0 Å². The molecule has 0 unspecified atom stereocenters. The molecule has 3 aliphatic rings. The number of rotatable bonds is 2. The van der Waals surface area contributed by atoms with E-state index in [-0.39, 0.29) is 30.0 Å². The number of esters is 1. The Labute approximate surface area is 139 Å². The lowest BCUT2D eigenvalue weighted by molar-refractivity contribution is -0.153. The molecule has 0 bridgehead atoms. The number of fused-ring (bicyclic) bond motifs is 3. The van der Waals surface area contributed by atoms with E-state index in [0.717, 1.165) is 24.0 Å². The molecule has 0 radical (unpaired) electrons. The Bertz CT molecular complexity index is 557. The van der Waals surface area contributed by atoms with Crippen molar-refractivity contribution in [2.75, 3.05) is 6.61 Å². The highest BCUT2D eigenvalue weighted by Crippen LogP contribution is 2.61. The Morgan fingerprint density at radius 2 is 2.13 bits per heavy atom. The lowest BCUT2D eigenvalue weighted by Gasteiger charge is -2.58. The SMILES string of the molecule is C/C(=C\CO)[C@@H]1C[C@H]2C(=CC[C@H]3C(C)(C)CCC[C@]23C)C(=O)O1. The summed E-state index contributed by atoms with van der Waals surface area (Å²) in [7, 11) is 0. The van der Waals surface area contributed by atoms with Crippen LogP contribution in [-0.2, 0) is 9.53 Å². The zero-order chi connectivity index (χ0) is 16.8. The minimum absolute atomic E-state index is 0.000170. The van der Waals surface area contributed by atoms with Crippen LogP contribution in [-0.4, -0.2) is 23.8 Å². The Morgan fingerprint density at radius 1 is 1.39 bits per heavy atom. The van der Waals surface area contributed by atoms with Crippen LogP contribution in [0.3, 0.4) is 0 Å². The molecule has 0 spiro atoms. The topological polar surface area (TPSA) is 46.5 Å². The van der Waals surface area contributed by atoms with Gasteiger partial charge in [-0.25, -0.2) is 4.79 Å². The summed E-state index contributed by atoms with van der Waals surface area (Å²) < 4.78 is 5.66. The summed E-state index contributed by atoms with van der Waals surface area (Å²) in [5, 5.41) is 9.14. The highest BCUT2D eigenvalue weighted by atomic mass is 16.5. The average molecular weight is 318 g/mol. The first-order valence-corrected chi connectivity index (χ1v) is 8.98. The van der Waals surface area contributed by atoms with E-state index in [2.05, 4.69) is 26.8 Å². The molecular weight excluding hydrogens is 288 g/mol. The summed E-state index contributed by atoms with van der Waals surface area (Å²) in [4.78, 5) is 12.5. The molecule has 3 rings (SSSR count). The molecule has 4 atom stereocenters. The van der Waals surface area contributed by atoms with Crippen LogP contribution in [0.4, 0.5) is 0 Å². The third kappa shape index (κ3) is 2.67. The predicted octanol–water partition coefficient (Wildman–Crippen LogP) is 4.02. The minimum atomic E-state index is -0.183. The maximum absolute atomic E-state index is 12.5. The lowest BCUT2D eigenvalue weighted by atomic mass is 9.47. The monoisotopic (exact) mass is 318 g/mol. The van der Waals surface area contributed by atoms with Crippen molar-refractivity contribution in [3.63, 3.8) is 0 Å². The maximum atomic E-state index is 12.5. The molecule has 1 aliphatic heterocycles. The number of hydrogen-bond donors (Lipinski definition) is 1. The molecule has 128 valence electrons. The van der Waals surface area contributed by atoms with Gasteiger partial charge in [0, 0.05) is 11.5 Å².